The standard InChI is InChI=1S/C9H8Br2O3/c10-6-3-1-5(2-4-7(12)13)8(11)9(6)14/h1,3,14H,2,4H2,(H,12,13). The number of carbonyl (C=O) groups is 1. The number of aromatic hydroxyl groups is 1. The minimum Gasteiger partial charge on any atom is -0.506 e. The average Bonchev–Trinajstić information content (AvgIpc) is 2.13. The molecular weight excluding hydrogens is 316 g/mol. The zero-order valence-corrected chi connectivity index (χ0v) is 10.3. The molecule has 1 aromatic rings. The Morgan fingerprint density at radius 1 is 1.36 bits per heavy atom. The van der Waals surface area contributed by atoms with Crippen LogP contribution in [0.15, 0.2) is 21.1 Å². The van der Waals surface area contributed by atoms with Crippen LogP contribution in [0.1, 0.15) is 12.0 Å². The van der Waals surface area contributed by atoms with E-state index in [2.05, 4.69) is 31.9 Å². The molecule has 0 unspecified atom stereocenters. The topological polar surface area (TPSA) is 57.5 Å². The SMILES string of the molecule is O=C(O)CCc1ccc(Br)c(O)c1Br. The van der Waals surface area contributed by atoms with Crippen LogP contribution in [0.3, 0.4) is 0 Å². The van der Waals surface area contributed by atoms with Crippen molar-refractivity contribution in [1.29, 1.82) is 0 Å². The van der Waals surface area contributed by atoms with E-state index in [9.17, 15) is 9.90 Å². The van der Waals surface area contributed by atoms with Crippen molar-refractivity contribution >= 4 is 37.8 Å². The van der Waals surface area contributed by atoms with Crippen LogP contribution in [0.4, 0.5) is 0 Å². The third kappa shape index (κ3) is 2.72. The fourth-order valence-electron chi connectivity index (χ4n) is 1.02. The number of aliphatic carboxylic acids is 1. The highest BCUT2D eigenvalue weighted by Crippen LogP contribution is 2.35. The predicted molar refractivity (Wildman–Crippen MR) is 59.5 cm³/mol. The van der Waals surface area contributed by atoms with E-state index in [4.69, 9.17) is 5.11 Å². The molecule has 0 aliphatic rings. The van der Waals surface area contributed by atoms with Gasteiger partial charge in [0.15, 0.2) is 0 Å². The molecule has 1 rings (SSSR count). The van der Waals surface area contributed by atoms with E-state index in [1.165, 1.54) is 0 Å². The van der Waals surface area contributed by atoms with E-state index in [-0.39, 0.29) is 12.2 Å². The van der Waals surface area contributed by atoms with Crippen molar-refractivity contribution in [2.24, 2.45) is 0 Å². The molecule has 0 aliphatic carbocycles. The average molecular weight is 324 g/mol. The predicted octanol–water partition coefficient (Wildman–Crippen LogP) is 2.93. The molecule has 0 aliphatic heterocycles. The van der Waals surface area contributed by atoms with E-state index in [1.807, 2.05) is 0 Å². The molecule has 0 radical (unpaired) electrons. The molecule has 0 saturated heterocycles. The lowest BCUT2D eigenvalue weighted by Crippen LogP contribution is -1.98. The van der Waals surface area contributed by atoms with Crippen molar-refractivity contribution in [3.8, 4) is 5.75 Å². The number of phenols is 1. The summed E-state index contributed by atoms with van der Waals surface area (Å²) in [6.07, 6.45) is 0.455. The highest BCUT2D eigenvalue weighted by Gasteiger charge is 2.09. The number of carboxylic acid groups (broad SMARTS) is 1. The van der Waals surface area contributed by atoms with Crippen molar-refractivity contribution in [1.82, 2.24) is 0 Å². The van der Waals surface area contributed by atoms with E-state index in [0.717, 1.165) is 5.56 Å². The maximum atomic E-state index is 10.3. The van der Waals surface area contributed by atoms with Gasteiger partial charge in [-0.25, -0.2) is 0 Å². The van der Waals surface area contributed by atoms with E-state index in [1.54, 1.807) is 12.1 Å². The Morgan fingerprint density at radius 3 is 2.57 bits per heavy atom. The first-order valence-corrected chi connectivity index (χ1v) is 5.48. The van der Waals surface area contributed by atoms with Crippen molar-refractivity contribution < 1.29 is 15.0 Å². The Kier molecular flexibility index (Phi) is 3.95. The highest BCUT2D eigenvalue weighted by molar-refractivity contribution is 9.11. The quantitative estimate of drug-likeness (QED) is 0.899. The van der Waals surface area contributed by atoms with Gasteiger partial charge in [0.25, 0.3) is 0 Å². The van der Waals surface area contributed by atoms with Gasteiger partial charge in [-0.15, -0.1) is 0 Å². The molecule has 0 fully saturated rings. The number of hydrogen-bond donors (Lipinski definition) is 2. The summed E-state index contributed by atoms with van der Waals surface area (Å²) in [6.45, 7) is 0. The molecule has 0 amide bonds. The van der Waals surface area contributed by atoms with E-state index in [0.29, 0.717) is 15.4 Å². The molecule has 14 heavy (non-hydrogen) atoms. The molecule has 0 atom stereocenters. The van der Waals surface area contributed by atoms with Gasteiger partial charge in [-0.1, -0.05) is 6.07 Å². The second-order valence-electron chi connectivity index (χ2n) is 2.76. The zero-order valence-electron chi connectivity index (χ0n) is 7.13. The third-order valence-corrected chi connectivity index (χ3v) is 3.28. The Morgan fingerprint density at radius 2 is 2.00 bits per heavy atom. The Labute approximate surface area is 98.0 Å². The second kappa shape index (κ2) is 4.79. The van der Waals surface area contributed by atoms with Crippen LogP contribution in [0.2, 0.25) is 0 Å². The Hall–Kier alpha value is -0.550. The van der Waals surface area contributed by atoms with Gasteiger partial charge >= 0.3 is 5.97 Å². The summed E-state index contributed by atoms with van der Waals surface area (Å²) in [5.41, 5.74) is 0.785. The first kappa shape index (κ1) is 11.5. The normalized spacial score (nSPS) is 10.1. The summed E-state index contributed by atoms with van der Waals surface area (Å²) in [7, 11) is 0. The maximum Gasteiger partial charge on any atom is 0.303 e. The third-order valence-electron chi connectivity index (χ3n) is 1.76. The molecule has 0 heterocycles. The summed E-state index contributed by atoms with van der Waals surface area (Å²) in [5.74, 6) is -0.743. The minimum absolute atomic E-state index is 0.0552. The molecule has 0 spiro atoms. The van der Waals surface area contributed by atoms with Gasteiger partial charge in [-0.3, -0.25) is 4.79 Å². The van der Waals surface area contributed by atoms with E-state index < -0.39 is 5.97 Å². The summed E-state index contributed by atoms with van der Waals surface area (Å²) >= 11 is 6.37. The molecule has 1 aromatic carbocycles. The summed E-state index contributed by atoms with van der Waals surface area (Å²) in [5, 5.41) is 18.0. The summed E-state index contributed by atoms with van der Waals surface area (Å²) in [6, 6.07) is 3.47. The van der Waals surface area contributed by atoms with Gasteiger partial charge < -0.3 is 10.2 Å². The van der Waals surface area contributed by atoms with Crippen molar-refractivity contribution in [3.05, 3.63) is 26.6 Å². The van der Waals surface area contributed by atoms with Gasteiger partial charge in [0.1, 0.15) is 5.75 Å². The lowest BCUT2D eigenvalue weighted by molar-refractivity contribution is -0.136. The van der Waals surface area contributed by atoms with Crippen LogP contribution in [-0.4, -0.2) is 16.2 Å². The first-order chi connectivity index (χ1) is 6.52. The largest absolute Gasteiger partial charge is 0.506 e. The summed E-state index contributed by atoms with van der Waals surface area (Å²) in [4.78, 5) is 10.3. The molecule has 2 N–H and O–H groups in total. The molecule has 0 saturated carbocycles. The fraction of sp³-hybridized carbons (Fsp3) is 0.222. The second-order valence-corrected chi connectivity index (χ2v) is 4.41. The number of phenolic OH excluding ortho intramolecular Hbond substituents is 1. The molecule has 3 nitrogen and oxygen atoms in total. The molecule has 0 bridgehead atoms. The van der Waals surface area contributed by atoms with Crippen molar-refractivity contribution in [2.75, 3.05) is 0 Å². The minimum atomic E-state index is -0.848. The first-order valence-electron chi connectivity index (χ1n) is 3.90. The smallest absolute Gasteiger partial charge is 0.303 e. The van der Waals surface area contributed by atoms with Crippen LogP contribution >= 0.6 is 31.9 Å². The van der Waals surface area contributed by atoms with Crippen LogP contribution in [-0.2, 0) is 11.2 Å². The fourth-order valence-corrected chi connectivity index (χ4v) is 2.16. The molecule has 5 heteroatoms. The number of halogens is 2. The van der Waals surface area contributed by atoms with Gasteiger partial charge in [0.05, 0.1) is 8.95 Å². The van der Waals surface area contributed by atoms with Gasteiger partial charge in [0.2, 0.25) is 0 Å². The Balaban J connectivity index is 2.88. The van der Waals surface area contributed by atoms with Gasteiger partial charge in [0, 0.05) is 6.42 Å². The van der Waals surface area contributed by atoms with Crippen molar-refractivity contribution in [2.45, 2.75) is 12.8 Å². The van der Waals surface area contributed by atoms with Crippen LogP contribution < -0.4 is 0 Å². The monoisotopic (exact) mass is 322 g/mol. The number of rotatable bonds is 3. The molecule has 76 valence electrons. The molecule has 0 aromatic heterocycles. The van der Waals surface area contributed by atoms with E-state index >= 15 is 0 Å². The van der Waals surface area contributed by atoms with Crippen LogP contribution in [0.5, 0.6) is 5.75 Å². The highest BCUT2D eigenvalue weighted by atomic mass is 79.9. The van der Waals surface area contributed by atoms with Crippen LogP contribution in [0.25, 0.3) is 0 Å². The lowest BCUT2D eigenvalue weighted by atomic mass is 10.1. The number of aryl methyl sites for hydroxylation is 1. The molecular formula is C9H8Br2O3. The van der Waals surface area contributed by atoms with Crippen LogP contribution in [0, 0.1) is 0 Å². The van der Waals surface area contributed by atoms with Gasteiger partial charge in [-0.05, 0) is 49.9 Å². The maximum absolute atomic E-state index is 10.3. The van der Waals surface area contributed by atoms with Crippen molar-refractivity contribution in [3.63, 3.8) is 0 Å². The van der Waals surface area contributed by atoms with Gasteiger partial charge in [-0.2, -0.15) is 0 Å². The number of carboxylic acids is 1. The number of hydrogen-bond acceptors (Lipinski definition) is 2. The zero-order chi connectivity index (χ0) is 10.7. The number of benzene rings is 1. The summed E-state index contributed by atoms with van der Waals surface area (Å²) < 4.78 is 1.14. The lowest BCUT2D eigenvalue weighted by Gasteiger charge is -2.06. The Bertz CT molecular complexity index is 363.